The van der Waals surface area contributed by atoms with Gasteiger partial charge in [-0.05, 0) is 37.1 Å². The number of thiophene rings is 1. The molecular weight excluding hydrogens is 242 g/mol. The topological polar surface area (TPSA) is 43.8 Å². The van der Waals surface area contributed by atoms with Crippen LogP contribution in [0.3, 0.4) is 0 Å². The number of anilines is 1. The van der Waals surface area contributed by atoms with Crippen molar-refractivity contribution in [1.29, 1.82) is 0 Å². The van der Waals surface area contributed by atoms with E-state index in [4.69, 9.17) is 5.73 Å². The molecule has 0 atom stereocenters. The van der Waals surface area contributed by atoms with Crippen molar-refractivity contribution in [3.63, 3.8) is 0 Å². The summed E-state index contributed by atoms with van der Waals surface area (Å²) in [6.07, 6.45) is 5.47. The molecule has 98 valence electrons. The number of nitrogens with two attached hydrogens (primary N) is 1. The van der Waals surface area contributed by atoms with Gasteiger partial charge in [-0.1, -0.05) is 19.4 Å². The van der Waals surface area contributed by atoms with Crippen molar-refractivity contribution in [1.82, 2.24) is 9.78 Å². The Morgan fingerprint density at radius 3 is 2.83 bits per heavy atom. The average Bonchev–Trinajstić information content (AvgIpc) is 2.94. The predicted octanol–water partition coefficient (Wildman–Crippen LogP) is 3.19. The zero-order valence-corrected chi connectivity index (χ0v) is 12.0. The molecule has 0 aliphatic rings. The highest BCUT2D eigenvalue weighted by molar-refractivity contribution is 7.09. The van der Waals surface area contributed by atoms with Crippen LogP contribution in [0.2, 0.25) is 0 Å². The Morgan fingerprint density at radius 1 is 1.33 bits per heavy atom. The third-order valence-electron chi connectivity index (χ3n) is 3.19. The van der Waals surface area contributed by atoms with Crippen molar-refractivity contribution in [3.05, 3.63) is 33.6 Å². The molecule has 2 N–H and O–H groups in total. The van der Waals surface area contributed by atoms with Crippen molar-refractivity contribution in [2.24, 2.45) is 7.05 Å². The number of aryl methyl sites for hydroxylation is 3. The van der Waals surface area contributed by atoms with Gasteiger partial charge in [-0.15, -0.1) is 11.3 Å². The Balaban J connectivity index is 1.98. The van der Waals surface area contributed by atoms with Gasteiger partial charge in [0, 0.05) is 17.5 Å². The van der Waals surface area contributed by atoms with Gasteiger partial charge in [0.1, 0.15) is 5.82 Å². The van der Waals surface area contributed by atoms with Crippen LogP contribution in [0.1, 0.15) is 35.9 Å². The first-order chi connectivity index (χ1) is 8.72. The first-order valence-electron chi connectivity index (χ1n) is 6.55. The molecule has 2 rings (SSSR count). The van der Waals surface area contributed by atoms with Gasteiger partial charge in [-0.25, -0.2) is 0 Å². The van der Waals surface area contributed by atoms with Gasteiger partial charge in [0.25, 0.3) is 0 Å². The molecule has 0 radical (unpaired) electrons. The average molecular weight is 263 g/mol. The standard InChI is InChI=1S/C14H21N3S/c1-3-6-12-13(16-17(2)14(12)15)9-4-7-11-8-5-10-18-11/h5,8,10H,3-4,6-7,9,15H2,1-2H3. The molecule has 0 aliphatic carbocycles. The van der Waals surface area contributed by atoms with Gasteiger partial charge in [0.05, 0.1) is 5.69 Å². The van der Waals surface area contributed by atoms with Crippen molar-refractivity contribution in [2.45, 2.75) is 39.0 Å². The van der Waals surface area contributed by atoms with E-state index in [2.05, 4.69) is 29.5 Å². The van der Waals surface area contributed by atoms with E-state index in [1.165, 1.54) is 16.1 Å². The summed E-state index contributed by atoms with van der Waals surface area (Å²) in [4.78, 5) is 1.45. The second kappa shape index (κ2) is 6.05. The monoisotopic (exact) mass is 263 g/mol. The molecule has 0 aromatic carbocycles. The summed E-state index contributed by atoms with van der Waals surface area (Å²) in [5.74, 6) is 0.836. The number of nitrogens with zero attached hydrogens (tertiary/aromatic N) is 2. The lowest BCUT2D eigenvalue weighted by molar-refractivity contribution is 0.725. The van der Waals surface area contributed by atoms with E-state index in [0.29, 0.717) is 0 Å². The summed E-state index contributed by atoms with van der Waals surface area (Å²) >= 11 is 1.83. The fourth-order valence-corrected chi connectivity index (χ4v) is 3.00. The van der Waals surface area contributed by atoms with Crippen LogP contribution in [-0.4, -0.2) is 9.78 Å². The van der Waals surface area contributed by atoms with Gasteiger partial charge < -0.3 is 5.73 Å². The van der Waals surface area contributed by atoms with E-state index in [0.717, 1.165) is 37.9 Å². The summed E-state index contributed by atoms with van der Waals surface area (Å²) in [6, 6.07) is 4.31. The number of hydrogen-bond donors (Lipinski definition) is 1. The van der Waals surface area contributed by atoms with E-state index < -0.39 is 0 Å². The molecule has 0 aliphatic heterocycles. The summed E-state index contributed by atoms with van der Waals surface area (Å²) in [5.41, 5.74) is 8.50. The minimum Gasteiger partial charge on any atom is -0.384 e. The highest BCUT2D eigenvalue weighted by atomic mass is 32.1. The maximum absolute atomic E-state index is 6.06. The Morgan fingerprint density at radius 2 is 2.17 bits per heavy atom. The second-order valence-electron chi connectivity index (χ2n) is 4.62. The van der Waals surface area contributed by atoms with Crippen molar-refractivity contribution in [2.75, 3.05) is 5.73 Å². The molecular formula is C14H21N3S. The molecule has 0 saturated carbocycles. The highest BCUT2D eigenvalue weighted by Crippen LogP contribution is 2.20. The highest BCUT2D eigenvalue weighted by Gasteiger charge is 2.12. The predicted molar refractivity (Wildman–Crippen MR) is 78.0 cm³/mol. The fourth-order valence-electron chi connectivity index (χ4n) is 2.25. The summed E-state index contributed by atoms with van der Waals surface area (Å²) in [5, 5.41) is 6.68. The van der Waals surface area contributed by atoms with Crippen LogP contribution in [0, 0.1) is 0 Å². The number of nitrogen functional groups attached to an aromatic ring is 1. The zero-order valence-electron chi connectivity index (χ0n) is 11.1. The van der Waals surface area contributed by atoms with Gasteiger partial charge >= 0.3 is 0 Å². The van der Waals surface area contributed by atoms with Crippen molar-refractivity contribution >= 4 is 17.2 Å². The van der Waals surface area contributed by atoms with Crippen molar-refractivity contribution in [3.8, 4) is 0 Å². The third-order valence-corrected chi connectivity index (χ3v) is 4.13. The first kappa shape index (κ1) is 13.1. The molecule has 3 nitrogen and oxygen atoms in total. The van der Waals surface area contributed by atoms with Crippen LogP contribution < -0.4 is 5.73 Å². The quantitative estimate of drug-likeness (QED) is 0.870. The molecule has 2 aromatic rings. The minimum absolute atomic E-state index is 0.836. The van der Waals surface area contributed by atoms with Crippen LogP contribution in [0.5, 0.6) is 0 Å². The van der Waals surface area contributed by atoms with E-state index in [1.54, 1.807) is 0 Å². The smallest absolute Gasteiger partial charge is 0.124 e. The maximum atomic E-state index is 6.06. The second-order valence-corrected chi connectivity index (χ2v) is 5.65. The molecule has 0 spiro atoms. The van der Waals surface area contributed by atoms with Crippen LogP contribution in [-0.2, 0) is 26.3 Å². The van der Waals surface area contributed by atoms with Gasteiger partial charge in [-0.3, -0.25) is 4.68 Å². The summed E-state index contributed by atoms with van der Waals surface area (Å²) in [6.45, 7) is 2.18. The van der Waals surface area contributed by atoms with Gasteiger partial charge in [0.15, 0.2) is 0 Å². The molecule has 0 saturated heterocycles. The zero-order chi connectivity index (χ0) is 13.0. The van der Waals surface area contributed by atoms with Crippen molar-refractivity contribution < 1.29 is 0 Å². The van der Waals surface area contributed by atoms with Crippen LogP contribution in [0.25, 0.3) is 0 Å². The molecule has 2 heterocycles. The van der Waals surface area contributed by atoms with Crippen LogP contribution in [0.4, 0.5) is 5.82 Å². The Bertz CT molecular complexity index is 485. The molecule has 0 bridgehead atoms. The van der Waals surface area contributed by atoms with Crippen LogP contribution >= 0.6 is 11.3 Å². The third kappa shape index (κ3) is 2.93. The SMILES string of the molecule is CCCc1c(CCCc2cccs2)nn(C)c1N. The van der Waals surface area contributed by atoms with E-state index >= 15 is 0 Å². The summed E-state index contributed by atoms with van der Waals surface area (Å²) in [7, 11) is 1.93. The van der Waals surface area contributed by atoms with E-state index in [-0.39, 0.29) is 0 Å². The maximum Gasteiger partial charge on any atom is 0.124 e. The minimum atomic E-state index is 0.836. The largest absolute Gasteiger partial charge is 0.384 e. The van der Waals surface area contributed by atoms with E-state index in [9.17, 15) is 0 Å². The lowest BCUT2D eigenvalue weighted by Gasteiger charge is -2.01. The van der Waals surface area contributed by atoms with Crippen LogP contribution in [0.15, 0.2) is 17.5 Å². The molecule has 0 unspecified atom stereocenters. The molecule has 2 aromatic heterocycles. The Hall–Kier alpha value is -1.29. The lowest BCUT2D eigenvalue weighted by atomic mass is 10.1. The fraction of sp³-hybridized carbons (Fsp3) is 0.500. The number of rotatable bonds is 6. The number of hydrogen-bond acceptors (Lipinski definition) is 3. The molecule has 4 heteroatoms. The lowest BCUT2D eigenvalue weighted by Crippen LogP contribution is -1.99. The van der Waals surface area contributed by atoms with Gasteiger partial charge in [0.2, 0.25) is 0 Å². The Labute approximate surface area is 113 Å². The number of aromatic nitrogens is 2. The normalized spacial score (nSPS) is 11.0. The van der Waals surface area contributed by atoms with E-state index in [1.807, 2.05) is 23.1 Å². The molecule has 0 fully saturated rings. The first-order valence-corrected chi connectivity index (χ1v) is 7.43. The van der Waals surface area contributed by atoms with Gasteiger partial charge in [-0.2, -0.15) is 5.10 Å². The Kier molecular flexibility index (Phi) is 4.42. The molecule has 18 heavy (non-hydrogen) atoms. The molecule has 0 amide bonds. The summed E-state index contributed by atoms with van der Waals surface area (Å²) < 4.78 is 1.81.